The average molecular weight is 504 g/mol. The summed E-state index contributed by atoms with van der Waals surface area (Å²) in [6.07, 6.45) is 1.81. The molecule has 0 bridgehead atoms. The van der Waals surface area contributed by atoms with Crippen molar-refractivity contribution in [2.75, 3.05) is 33.8 Å². The Bertz CT molecular complexity index is 1060. The Balaban J connectivity index is 2.09. The first-order chi connectivity index (χ1) is 14.9. The molecule has 0 fully saturated rings. The number of carbonyl (C=O) groups is 1. The topological polar surface area (TPSA) is 78.9 Å². The molecule has 1 amide bonds. The fourth-order valence-corrected chi connectivity index (χ4v) is 4.02. The molecule has 7 nitrogen and oxygen atoms in total. The number of hydrogen-bond acceptors (Lipinski definition) is 7. The summed E-state index contributed by atoms with van der Waals surface area (Å²) in [5.74, 6) is 2.21. The molecule has 2 atom stereocenters. The first-order valence-corrected chi connectivity index (χ1v) is 11.6. The summed E-state index contributed by atoms with van der Waals surface area (Å²) in [6, 6.07) is 9.47. The number of benzene rings is 2. The molecule has 0 radical (unpaired) electrons. The van der Waals surface area contributed by atoms with Crippen LogP contribution in [-0.2, 0) is 4.79 Å². The third-order valence-corrected chi connectivity index (χ3v) is 6.16. The molecule has 1 aromatic heterocycles. The first kappa shape index (κ1) is 23.0. The summed E-state index contributed by atoms with van der Waals surface area (Å²) in [6.45, 7) is 1.87. The number of aromatic nitrogens is 1. The monoisotopic (exact) mass is 504 g/mol. The number of nitrogens with one attached hydrogen (secondary N) is 1. The molecule has 0 aliphatic rings. The molecule has 3 aromatic rings. The number of hydrogen-bond donors (Lipinski definition) is 1. The molecule has 3 rings (SSSR count). The molecule has 0 saturated heterocycles. The summed E-state index contributed by atoms with van der Waals surface area (Å²) in [4.78, 5) is 13.2. The van der Waals surface area contributed by atoms with E-state index in [2.05, 4.69) is 9.69 Å². The van der Waals surface area contributed by atoms with Gasteiger partial charge in [0.25, 0.3) is 0 Å². The summed E-state index contributed by atoms with van der Waals surface area (Å²) in [7, 11) is 6.33. The fraction of sp³-hybridized carbons (Fsp3) is 0.273. The molecule has 9 heteroatoms. The number of amides is 1. The van der Waals surface area contributed by atoms with Crippen molar-refractivity contribution < 1.29 is 23.7 Å². The SMILES string of the molecule is COc1ccc(-c2cnsc2-c2cc(OC)c(OC)c(OC)c2)cc1NC(=O)C(C)[AsH2]. The zero-order valence-corrected chi connectivity index (χ0v) is 21.3. The Morgan fingerprint density at radius 3 is 2.16 bits per heavy atom. The van der Waals surface area contributed by atoms with Crippen molar-refractivity contribution in [1.82, 2.24) is 4.37 Å². The number of rotatable bonds is 8. The predicted molar refractivity (Wildman–Crippen MR) is 126 cm³/mol. The van der Waals surface area contributed by atoms with Gasteiger partial charge in [-0.15, -0.1) is 0 Å². The second-order valence-electron chi connectivity index (χ2n) is 6.68. The van der Waals surface area contributed by atoms with Crippen LogP contribution in [0, 0.1) is 0 Å². The quantitative estimate of drug-likeness (QED) is 0.469. The van der Waals surface area contributed by atoms with Crippen molar-refractivity contribution in [3.63, 3.8) is 0 Å². The van der Waals surface area contributed by atoms with Gasteiger partial charge in [-0.25, -0.2) is 0 Å². The van der Waals surface area contributed by atoms with Crippen LogP contribution >= 0.6 is 11.5 Å². The van der Waals surface area contributed by atoms with Crippen molar-refractivity contribution in [2.45, 2.75) is 11.6 Å². The zero-order chi connectivity index (χ0) is 22.5. The summed E-state index contributed by atoms with van der Waals surface area (Å²) in [5, 5.41) is 2.95. The van der Waals surface area contributed by atoms with E-state index in [1.165, 1.54) is 28.4 Å². The zero-order valence-electron chi connectivity index (χ0n) is 18.0. The van der Waals surface area contributed by atoms with Gasteiger partial charge in [-0.3, -0.25) is 0 Å². The molecule has 2 unspecified atom stereocenters. The van der Waals surface area contributed by atoms with E-state index in [1.807, 2.05) is 43.5 Å². The second-order valence-corrected chi connectivity index (χ2v) is 9.58. The number of anilines is 1. The molecule has 0 aliphatic heterocycles. The van der Waals surface area contributed by atoms with Crippen LogP contribution in [0.4, 0.5) is 5.69 Å². The Hall–Kier alpha value is -2.70. The van der Waals surface area contributed by atoms with Gasteiger partial charge in [-0.2, -0.15) is 0 Å². The van der Waals surface area contributed by atoms with Gasteiger partial charge < -0.3 is 4.74 Å². The Morgan fingerprint density at radius 2 is 1.61 bits per heavy atom. The maximum atomic E-state index is 12.3. The number of carbonyl (C=O) groups excluding carboxylic acids is 1. The van der Waals surface area contributed by atoms with Crippen LogP contribution in [0.1, 0.15) is 6.92 Å². The molecule has 0 aliphatic carbocycles. The number of ether oxygens (including phenoxy) is 4. The van der Waals surface area contributed by atoms with Gasteiger partial charge in [-0.1, -0.05) is 0 Å². The average Bonchev–Trinajstić information content (AvgIpc) is 3.27. The van der Waals surface area contributed by atoms with Crippen LogP contribution in [0.5, 0.6) is 23.0 Å². The number of nitrogens with zero attached hydrogens (tertiary/aromatic N) is 1. The summed E-state index contributed by atoms with van der Waals surface area (Å²) in [5.41, 5.74) is 3.34. The van der Waals surface area contributed by atoms with Gasteiger partial charge in [0, 0.05) is 0 Å². The standard InChI is InChI=1S/C22H25AsN2O5S/c1-12(23)22(26)25-16-8-13(6-7-17(16)27-2)15-11-24-31-21(15)14-9-18(28-3)20(30-5)19(10-14)29-4/h6-12H,23H2,1-5H3,(H,25,26). The summed E-state index contributed by atoms with van der Waals surface area (Å²) < 4.78 is 26.2. The molecule has 2 aromatic carbocycles. The van der Waals surface area contributed by atoms with Gasteiger partial charge in [0.1, 0.15) is 0 Å². The van der Waals surface area contributed by atoms with E-state index in [9.17, 15) is 4.79 Å². The molecule has 31 heavy (non-hydrogen) atoms. The molecule has 0 saturated carbocycles. The summed E-state index contributed by atoms with van der Waals surface area (Å²) >= 11 is 2.73. The van der Waals surface area contributed by atoms with Gasteiger partial charge >= 0.3 is 169 Å². The predicted octanol–water partition coefficient (Wildman–Crippen LogP) is 3.89. The van der Waals surface area contributed by atoms with Gasteiger partial charge in [0.05, 0.1) is 21.3 Å². The minimum absolute atomic E-state index is 0.0521. The molecule has 1 N–H and O–H groups in total. The van der Waals surface area contributed by atoms with E-state index >= 15 is 0 Å². The van der Waals surface area contributed by atoms with Crippen molar-refractivity contribution in [3.8, 4) is 44.6 Å². The van der Waals surface area contributed by atoms with Crippen LogP contribution in [0.15, 0.2) is 36.5 Å². The van der Waals surface area contributed by atoms with Crippen LogP contribution in [-0.4, -0.2) is 55.6 Å². The van der Waals surface area contributed by atoms with E-state index in [0.29, 0.717) is 28.7 Å². The second kappa shape index (κ2) is 10.1. The molecular formula is C22H25AsN2O5S. The third-order valence-electron chi connectivity index (χ3n) is 4.68. The van der Waals surface area contributed by atoms with Crippen molar-refractivity contribution in [2.24, 2.45) is 0 Å². The Kier molecular flexibility index (Phi) is 7.46. The van der Waals surface area contributed by atoms with E-state index in [0.717, 1.165) is 21.6 Å². The maximum absolute atomic E-state index is 12.3. The molecule has 0 spiro atoms. The van der Waals surface area contributed by atoms with E-state index in [-0.39, 0.29) is 10.6 Å². The van der Waals surface area contributed by atoms with Gasteiger partial charge in [-0.05, 0) is 0 Å². The van der Waals surface area contributed by atoms with Crippen molar-refractivity contribution in [3.05, 3.63) is 36.5 Å². The molecule has 1 heterocycles. The van der Waals surface area contributed by atoms with Crippen molar-refractivity contribution >= 4 is 40.0 Å². The first-order valence-electron chi connectivity index (χ1n) is 9.43. The van der Waals surface area contributed by atoms with Crippen LogP contribution in [0.25, 0.3) is 21.6 Å². The van der Waals surface area contributed by atoms with Crippen LogP contribution < -0.4 is 24.3 Å². The van der Waals surface area contributed by atoms with E-state index < -0.39 is 0 Å². The van der Waals surface area contributed by atoms with Gasteiger partial charge in [0.15, 0.2) is 0 Å². The van der Waals surface area contributed by atoms with Gasteiger partial charge in [0.2, 0.25) is 0 Å². The molecular weight excluding hydrogens is 479 g/mol. The minimum atomic E-state index is -0.0848. The van der Waals surface area contributed by atoms with Crippen LogP contribution in [0.3, 0.4) is 0 Å². The number of methoxy groups -OCH3 is 4. The van der Waals surface area contributed by atoms with E-state index in [1.54, 1.807) is 28.4 Å². The third kappa shape index (κ3) is 4.81. The van der Waals surface area contributed by atoms with E-state index in [4.69, 9.17) is 18.9 Å². The molecule has 164 valence electrons. The van der Waals surface area contributed by atoms with Crippen LogP contribution in [0.2, 0.25) is 4.71 Å². The Labute approximate surface area is 194 Å². The normalized spacial score (nSPS) is 11.5. The fourth-order valence-electron chi connectivity index (χ4n) is 3.09. The Morgan fingerprint density at radius 1 is 0.968 bits per heavy atom. The van der Waals surface area contributed by atoms with Crippen molar-refractivity contribution in [1.29, 1.82) is 0 Å².